The molecule has 0 heterocycles. The molecule has 4 N–H and O–H groups in total. The zero-order valence-corrected chi connectivity index (χ0v) is 21.5. The predicted molar refractivity (Wildman–Crippen MR) is 135 cm³/mol. The average molecular weight is 487 g/mol. The van der Waals surface area contributed by atoms with Gasteiger partial charge in [-0.3, -0.25) is 0 Å². The Balaban J connectivity index is -0.00000392. The van der Waals surface area contributed by atoms with Crippen LogP contribution in [0.4, 0.5) is 0 Å². The molecule has 0 aliphatic carbocycles. The summed E-state index contributed by atoms with van der Waals surface area (Å²) in [6, 6.07) is 2.03. The SMILES string of the molecule is C.C.CC(CO)(CO)COCCC[Si](C)(C)O[Si](C)(C)CCCOCC(C)(CO)CO. The van der Waals surface area contributed by atoms with Gasteiger partial charge in [0.05, 0.1) is 39.6 Å². The van der Waals surface area contributed by atoms with Gasteiger partial charge in [-0.15, -0.1) is 0 Å². The Hall–Kier alpha value is 0.154. The second kappa shape index (κ2) is 16.7. The van der Waals surface area contributed by atoms with Gasteiger partial charge in [0.2, 0.25) is 0 Å². The van der Waals surface area contributed by atoms with Crippen LogP contribution in [-0.2, 0) is 13.6 Å². The Kier molecular flexibility index (Phi) is 19.3. The molecule has 0 aromatic carbocycles. The van der Waals surface area contributed by atoms with Crippen molar-refractivity contribution in [3.63, 3.8) is 0 Å². The summed E-state index contributed by atoms with van der Waals surface area (Å²) in [4.78, 5) is 0. The highest BCUT2D eigenvalue weighted by Crippen LogP contribution is 2.24. The Morgan fingerprint density at radius 2 is 0.903 bits per heavy atom. The van der Waals surface area contributed by atoms with Crippen molar-refractivity contribution in [1.29, 1.82) is 0 Å². The van der Waals surface area contributed by atoms with Crippen molar-refractivity contribution < 1.29 is 34.0 Å². The third-order valence-electron chi connectivity index (χ3n) is 5.12. The standard InChI is InChI=1S/C20H46O7Si2.2CH4/c1-19(13-21,14-22)17-25-9-7-11-28(3,4)27-29(5,6)12-8-10-26-18-20(2,15-23)16-24;;/h21-24H,7-18H2,1-6H3;2*1H4. The van der Waals surface area contributed by atoms with Crippen LogP contribution in [0.5, 0.6) is 0 Å². The predicted octanol–water partition coefficient (Wildman–Crippen LogP) is 3.48. The molecular formula is C22H54O7Si2. The summed E-state index contributed by atoms with van der Waals surface area (Å²) in [5, 5.41) is 37.2. The summed E-state index contributed by atoms with van der Waals surface area (Å²) in [5.74, 6) is 0. The molecule has 0 radical (unpaired) electrons. The van der Waals surface area contributed by atoms with E-state index in [-0.39, 0.29) is 41.3 Å². The van der Waals surface area contributed by atoms with E-state index in [1.54, 1.807) is 13.8 Å². The highest BCUT2D eigenvalue weighted by molar-refractivity contribution is 6.84. The monoisotopic (exact) mass is 486 g/mol. The molecule has 31 heavy (non-hydrogen) atoms. The number of hydrogen-bond acceptors (Lipinski definition) is 7. The molecule has 0 aliphatic rings. The van der Waals surface area contributed by atoms with Gasteiger partial charge in [0.1, 0.15) is 0 Å². The van der Waals surface area contributed by atoms with Gasteiger partial charge in [0.15, 0.2) is 16.6 Å². The van der Waals surface area contributed by atoms with Crippen molar-refractivity contribution >= 4 is 16.6 Å². The third kappa shape index (κ3) is 16.4. The van der Waals surface area contributed by atoms with Crippen LogP contribution in [0, 0.1) is 10.8 Å². The van der Waals surface area contributed by atoms with Crippen LogP contribution in [-0.4, -0.2) is 89.9 Å². The third-order valence-corrected chi connectivity index (χ3v) is 12.7. The quantitative estimate of drug-likeness (QED) is 0.173. The summed E-state index contributed by atoms with van der Waals surface area (Å²) < 4.78 is 17.9. The molecule has 0 fully saturated rings. The van der Waals surface area contributed by atoms with Crippen molar-refractivity contribution in [2.24, 2.45) is 10.8 Å². The van der Waals surface area contributed by atoms with E-state index < -0.39 is 27.5 Å². The molecule has 0 amide bonds. The lowest BCUT2D eigenvalue weighted by atomic mass is 9.95. The first kappa shape index (κ1) is 35.7. The smallest absolute Gasteiger partial charge is 0.173 e. The summed E-state index contributed by atoms with van der Waals surface area (Å²) >= 11 is 0. The Morgan fingerprint density at radius 1 is 0.613 bits per heavy atom. The normalized spacial score (nSPS) is 13.0. The van der Waals surface area contributed by atoms with E-state index in [1.807, 2.05) is 0 Å². The lowest BCUT2D eigenvalue weighted by Crippen LogP contribution is -2.44. The van der Waals surface area contributed by atoms with E-state index in [2.05, 4.69) is 26.2 Å². The largest absolute Gasteiger partial charge is 0.455 e. The maximum absolute atomic E-state index is 9.29. The van der Waals surface area contributed by atoms with E-state index in [9.17, 15) is 20.4 Å². The van der Waals surface area contributed by atoms with Crippen LogP contribution in [0.25, 0.3) is 0 Å². The van der Waals surface area contributed by atoms with Crippen LogP contribution in [0.3, 0.4) is 0 Å². The molecular weight excluding hydrogens is 432 g/mol. The minimum absolute atomic E-state index is 0. The molecule has 0 aliphatic heterocycles. The van der Waals surface area contributed by atoms with Crippen LogP contribution in [0.2, 0.25) is 38.3 Å². The van der Waals surface area contributed by atoms with Gasteiger partial charge in [-0.2, -0.15) is 0 Å². The van der Waals surface area contributed by atoms with Crippen molar-refractivity contribution in [2.45, 2.75) is 79.8 Å². The fourth-order valence-corrected chi connectivity index (χ4v) is 11.8. The first-order valence-corrected chi connectivity index (χ1v) is 16.9. The molecule has 0 aromatic heterocycles. The van der Waals surface area contributed by atoms with Crippen LogP contribution >= 0.6 is 0 Å². The molecule has 9 heteroatoms. The van der Waals surface area contributed by atoms with Gasteiger partial charge in [0, 0.05) is 24.0 Å². The average Bonchev–Trinajstić information content (AvgIpc) is 2.65. The molecule has 0 bridgehead atoms. The Bertz CT molecular complexity index is 388. The number of aliphatic hydroxyl groups excluding tert-OH is 4. The zero-order valence-electron chi connectivity index (χ0n) is 19.5. The number of rotatable bonds is 18. The Labute approximate surface area is 194 Å². The first-order chi connectivity index (χ1) is 13.4. The molecule has 0 aromatic rings. The van der Waals surface area contributed by atoms with Gasteiger partial charge in [-0.05, 0) is 51.1 Å². The molecule has 0 saturated heterocycles. The van der Waals surface area contributed by atoms with Crippen molar-refractivity contribution in [1.82, 2.24) is 0 Å². The van der Waals surface area contributed by atoms with E-state index in [0.717, 1.165) is 24.9 Å². The molecule has 0 spiro atoms. The highest BCUT2D eigenvalue weighted by Gasteiger charge is 2.32. The van der Waals surface area contributed by atoms with Gasteiger partial charge in [0.25, 0.3) is 0 Å². The highest BCUT2D eigenvalue weighted by atomic mass is 28.4. The summed E-state index contributed by atoms with van der Waals surface area (Å²) in [5.41, 5.74) is -1.15. The van der Waals surface area contributed by atoms with Gasteiger partial charge in [-0.25, -0.2) is 0 Å². The zero-order chi connectivity index (χ0) is 22.6. The molecule has 7 nitrogen and oxygen atoms in total. The maximum atomic E-state index is 9.29. The van der Waals surface area contributed by atoms with Gasteiger partial charge < -0.3 is 34.0 Å². The molecule has 0 saturated carbocycles. The van der Waals surface area contributed by atoms with E-state index in [4.69, 9.17) is 13.6 Å². The number of ether oxygens (including phenoxy) is 2. The van der Waals surface area contributed by atoms with Crippen molar-refractivity contribution in [2.75, 3.05) is 52.9 Å². The van der Waals surface area contributed by atoms with Crippen molar-refractivity contribution in [3.8, 4) is 0 Å². The van der Waals surface area contributed by atoms with E-state index >= 15 is 0 Å². The topological polar surface area (TPSA) is 109 Å². The Morgan fingerprint density at radius 3 is 1.16 bits per heavy atom. The fraction of sp³-hybridized carbons (Fsp3) is 1.00. The van der Waals surface area contributed by atoms with Gasteiger partial charge >= 0.3 is 0 Å². The molecule has 0 atom stereocenters. The molecule has 192 valence electrons. The van der Waals surface area contributed by atoms with Crippen LogP contribution in [0.15, 0.2) is 0 Å². The lowest BCUT2D eigenvalue weighted by molar-refractivity contribution is -0.0160. The summed E-state index contributed by atoms with van der Waals surface area (Å²) in [7, 11) is -3.57. The minimum Gasteiger partial charge on any atom is -0.455 e. The van der Waals surface area contributed by atoms with E-state index in [1.165, 1.54) is 0 Å². The maximum Gasteiger partial charge on any atom is 0.173 e. The van der Waals surface area contributed by atoms with E-state index in [0.29, 0.717) is 26.4 Å². The lowest BCUT2D eigenvalue weighted by Gasteiger charge is -2.34. The first-order valence-electron chi connectivity index (χ1n) is 10.7. The minimum atomic E-state index is -1.79. The second-order valence-corrected chi connectivity index (χ2v) is 19.0. The number of hydrogen-bond donors (Lipinski definition) is 4. The van der Waals surface area contributed by atoms with Crippen LogP contribution < -0.4 is 0 Å². The summed E-state index contributed by atoms with van der Waals surface area (Å²) in [6.07, 6.45) is 1.83. The fourth-order valence-electron chi connectivity index (χ4n) is 2.97. The van der Waals surface area contributed by atoms with Crippen molar-refractivity contribution in [3.05, 3.63) is 0 Å². The molecule has 0 rings (SSSR count). The summed E-state index contributed by atoms with van der Waals surface area (Å²) in [6.45, 7) is 14.2. The van der Waals surface area contributed by atoms with Gasteiger partial charge in [-0.1, -0.05) is 28.7 Å². The number of aliphatic hydroxyl groups is 4. The second-order valence-electron chi connectivity index (χ2n) is 10.2. The molecule has 0 unspecified atom stereocenters. The van der Waals surface area contributed by atoms with Crippen LogP contribution in [0.1, 0.15) is 41.5 Å².